The van der Waals surface area contributed by atoms with E-state index in [1.165, 1.54) is 9.80 Å². The van der Waals surface area contributed by atoms with Gasteiger partial charge in [0, 0.05) is 0 Å². The number of nitrogens with one attached hydrogen (secondary N) is 2. The highest BCUT2D eigenvalue weighted by molar-refractivity contribution is 6.23. The second kappa shape index (κ2) is 12.0. The molecule has 2 aromatic carbocycles. The highest BCUT2D eigenvalue weighted by Gasteiger charge is 2.40. The Hall–Kier alpha value is -3.76. The van der Waals surface area contributed by atoms with Crippen molar-refractivity contribution in [2.75, 3.05) is 37.1 Å². The van der Waals surface area contributed by atoms with Gasteiger partial charge >= 0.3 is 0 Å². The van der Waals surface area contributed by atoms with Crippen LogP contribution in [0.25, 0.3) is 0 Å². The summed E-state index contributed by atoms with van der Waals surface area (Å²) in [4.78, 5) is 52.7. The predicted molar refractivity (Wildman–Crippen MR) is 138 cm³/mol. The van der Waals surface area contributed by atoms with E-state index in [9.17, 15) is 19.2 Å². The third-order valence-electron chi connectivity index (χ3n) is 6.59. The fraction of sp³-hybridized carbons (Fsp3) is 0.407. The topological polar surface area (TPSA) is 117 Å². The number of benzene rings is 2. The number of anilines is 2. The molecule has 37 heavy (non-hydrogen) atoms. The fourth-order valence-electron chi connectivity index (χ4n) is 4.57. The molecular formula is C27H32N4O6. The molecule has 0 radical (unpaired) electrons. The van der Waals surface area contributed by atoms with Gasteiger partial charge < -0.3 is 20.1 Å². The zero-order chi connectivity index (χ0) is 26.4. The van der Waals surface area contributed by atoms with E-state index < -0.39 is 12.1 Å². The van der Waals surface area contributed by atoms with Gasteiger partial charge in [0.1, 0.15) is 11.5 Å². The first-order chi connectivity index (χ1) is 17.9. The first-order valence-electron chi connectivity index (χ1n) is 12.4. The van der Waals surface area contributed by atoms with Crippen molar-refractivity contribution in [3.63, 3.8) is 0 Å². The number of imide groups is 2. The Kier molecular flexibility index (Phi) is 8.52. The molecule has 0 aliphatic carbocycles. The Morgan fingerprint density at radius 2 is 1.03 bits per heavy atom. The van der Waals surface area contributed by atoms with Crippen LogP contribution in [0.2, 0.25) is 0 Å². The molecule has 10 heteroatoms. The number of hydrogen-bond donors (Lipinski definition) is 2. The number of ether oxygens (including phenoxy) is 2. The number of rotatable bonds is 12. The quantitative estimate of drug-likeness (QED) is 0.330. The summed E-state index contributed by atoms with van der Waals surface area (Å²) in [6.45, 7) is 1.21. The second-order valence-corrected chi connectivity index (χ2v) is 9.01. The lowest BCUT2D eigenvalue weighted by molar-refractivity contribution is -0.123. The van der Waals surface area contributed by atoms with Gasteiger partial charge in [0.05, 0.1) is 50.5 Å². The van der Waals surface area contributed by atoms with Gasteiger partial charge in [-0.15, -0.1) is 0 Å². The average Bonchev–Trinajstić information content (AvgIpc) is 3.36. The highest BCUT2D eigenvalue weighted by Crippen LogP contribution is 2.26. The zero-order valence-corrected chi connectivity index (χ0v) is 21.1. The molecule has 0 aromatic heterocycles. The van der Waals surface area contributed by atoms with Crippen LogP contribution < -0.4 is 29.9 Å². The number of carbonyl (C=O) groups excluding carboxylic acids is 4. The van der Waals surface area contributed by atoms with Gasteiger partial charge in [-0.3, -0.25) is 19.2 Å². The molecular weight excluding hydrogens is 476 g/mol. The summed E-state index contributed by atoms with van der Waals surface area (Å²) in [5, 5.41) is 6.38. The molecule has 2 aliphatic heterocycles. The molecule has 0 spiro atoms. The molecule has 2 aliphatic rings. The van der Waals surface area contributed by atoms with Gasteiger partial charge in [-0.1, -0.05) is 6.42 Å². The fourth-order valence-corrected chi connectivity index (χ4v) is 4.57. The lowest BCUT2D eigenvalue weighted by Gasteiger charge is -2.16. The lowest BCUT2D eigenvalue weighted by atomic mass is 10.2. The van der Waals surface area contributed by atoms with E-state index in [2.05, 4.69) is 10.6 Å². The largest absolute Gasteiger partial charge is 0.497 e. The van der Waals surface area contributed by atoms with E-state index in [4.69, 9.17) is 9.47 Å². The minimum Gasteiger partial charge on any atom is -0.497 e. The lowest BCUT2D eigenvalue weighted by Crippen LogP contribution is -2.39. The second-order valence-electron chi connectivity index (χ2n) is 9.01. The standard InChI is InChI=1S/C27H32N4O6/c1-36-20-10-6-18(7-11-20)30-24(32)16-22(26(30)34)28-14-4-3-5-15-29-23-17-25(33)31(27(23)35)19-8-12-21(37-2)13-9-19/h6-13,22-23,28-29H,3-5,14-17H2,1-2H3. The van der Waals surface area contributed by atoms with E-state index >= 15 is 0 Å². The van der Waals surface area contributed by atoms with Gasteiger partial charge in [-0.25, -0.2) is 9.80 Å². The number of methoxy groups -OCH3 is 2. The Morgan fingerprint density at radius 1 is 0.649 bits per heavy atom. The molecule has 2 aromatic rings. The molecule has 2 heterocycles. The summed E-state index contributed by atoms with van der Waals surface area (Å²) in [5.41, 5.74) is 1.08. The monoisotopic (exact) mass is 508 g/mol. The normalized spacial score (nSPS) is 19.7. The van der Waals surface area contributed by atoms with E-state index in [-0.39, 0.29) is 36.5 Å². The van der Waals surface area contributed by atoms with Crippen LogP contribution in [0.3, 0.4) is 0 Å². The van der Waals surface area contributed by atoms with Crippen LogP contribution in [0.1, 0.15) is 32.1 Å². The van der Waals surface area contributed by atoms with Crippen LogP contribution in [0.5, 0.6) is 11.5 Å². The third kappa shape index (κ3) is 5.98. The van der Waals surface area contributed by atoms with Gasteiger partial charge in [-0.05, 0) is 74.5 Å². The molecule has 2 N–H and O–H groups in total. The van der Waals surface area contributed by atoms with Crippen LogP contribution in [-0.2, 0) is 19.2 Å². The van der Waals surface area contributed by atoms with Crippen molar-refractivity contribution in [2.45, 2.75) is 44.2 Å². The van der Waals surface area contributed by atoms with Crippen molar-refractivity contribution in [3.8, 4) is 11.5 Å². The van der Waals surface area contributed by atoms with Crippen molar-refractivity contribution < 1.29 is 28.7 Å². The SMILES string of the molecule is COc1ccc(N2C(=O)CC(NCCCCCNC3CC(=O)N(c4ccc(OC)cc4)C3=O)C2=O)cc1. The van der Waals surface area contributed by atoms with Crippen molar-refractivity contribution in [1.82, 2.24) is 10.6 Å². The predicted octanol–water partition coefficient (Wildman–Crippen LogP) is 2.02. The smallest absolute Gasteiger partial charge is 0.251 e. The minimum absolute atomic E-state index is 0.134. The maximum absolute atomic E-state index is 12.7. The van der Waals surface area contributed by atoms with Gasteiger partial charge in [0.15, 0.2) is 0 Å². The van der Waals surface area contributed by atoms with E-state index in [1.807, 2.05) is 0 Å². The maximum atomic E-state index is 12.7. The van der Waals surface area contributed by atoms with Crippen molar-refractivity contribution >= 4 is 35.0 Å². The number of carbonyl (C=O) groups is 4. The Labute approximate surface area is 215 Å². The Morgan fingerprint density at radius 3 is 1.38 bits per heavy atom. The number of amides is 4. The molecule has 4 rings (SSSR count). The summed E-state index contributed by atoms with van der Waals surface area (Å²) < 4.78 is 10.3. The Balaban J connectivity index is 1.15. The van der Waals surface area contributed by atoms with Crippen LogP contribution in [0, 0.1) is 0 Å². The number of nitrogens with zero attached hydrogens (tertiary/aromatic N) is 2. The zero-order valence-electron chi connectivity index (χ0n) is 21.1. The number of unbranched alkanes of at least 4 members (excludes halogenated alkanes) is 2. The third-order valence-corrected chi connectivity index (χ3v) is 6.59. The van der Waals surface area contributed by atoms with Crippen molar-refractivity contribution in [2.24, 2.45) is 0 Å². The molecule has 2 atom stereocenters. The van der Waals surface area contributed by atoms with Crippen molar-refractivity contribution in [1.29, 1.82) is 0 Å². The van der Waals surface area contributed by atoms with E-state index in [0.29, 0.717) is 36.0 Å². The first kappa shape index (κ1) is 26.3. The first-order valence-corrected chi connectivity index (χ1v) is 12.4. The summed E-state index contributed by atoms with van der Waals surface area (Å²) in [6, 6.07) is 12.6. The molecule has 10 nitrogen and oxygen atoms in total. The van der Waals surface area contributed by atoms with Gasteiger partial charge in [-0.2, -0.15) is 0 Å². The molecule has 2 fully saturated rings. The van der Waals surface area contributed by atoms with Gasteiger partial charge in [0.25, 0.3) is 11.8 Å². The molecule has 2 unspecified atom stereocenters. The molecule has 2 saturated heterocycles. The van der Waals surface area contributed by atoms with E-state index in [1.54, 1.807) is 62.8 Å². The van der Waals surface area contributed by atoms with Gasteiger partial charge in [0.2, 0.25) is 11.8 Å². The number of hydrogen-bond acceptors (Lipinski definition) is 8. The summed E-state index contributed by atoms with van der Waals surface area (Å²) >= 11 is 0. The van der Waals surface area contributed by atoms with Crippen LogP contribution in [0.15, 0.2) is 48.5 Å². The van der Waals surface area contributed by atoms with E-state index in [0.717, 1.165) is 19.3 Å². The van der Waals surface area contributed by atoms with Crippen LogP contribution in [0.4, 0.5) is 11.4 Å². The summed E-state index contributed by atoms with van der Waals surface area (Å²) in [5.74, 6) is 0.369. The molecule has 4 amide bonds. The summed E-state index contributed by atoms with van der Waals surface area (Å²) in [6.07, 6.45) is 2.77. The molecule has 0 saturated carbocycles. The van der Waals surface area contributed by atoms with Crippen LogP contribution in [-0.4, -0.2) is 63.0 Å². The Bertz CT molecular complexity index is 1050. The summed E-state index contributed by atoms with van der Waals surface area (Å²) in [7, 11) is 3.12. The van der Waals surface area contributed by atoms with Crippen LogP contribution >= 0.6 is 0 Å². The molecule has 0 bridgehead atoms. The highest BCUT2D eigenvalue weighted by atomic mass is 16.5. The minimum atomic E-state index is -0.529. The molecule has 196 valence electrons. The van der Waals surface area contributed by atoms with Crippen molar-refractivity contribution in [3.05, 3.63) is 48.5 Å². The maximum Gasteiger partial charge on any atom is 0.251 e. The average molecular weight is 509 g/mol.